The smallest absolute Gasteiger partial charge is 0.185 e. The van der Waals surface area contributed by atoms with Crippen molar-refractivity contribution in [2.75, 3.05) is 6.61 Å². The molecule has 0 aliphatic carbocycles. The van der Waals surface area contributed by atoms with Crippen molar-refractivity contribution in [1.82, 2.24) is 0 Å². The van der Waals surface area contributed by atoms with Crippen LogP contribution in [0.15, 0.2) is 0 Å². The van der Waals surface area contributed by atoms with E-state index in [9.17, 15) is 0 Å². The van der Waals surface area contributed by atoms with Gasteiger partial charge >= 0.3 is 0 Å². The summed E-state index contributed by atoms with van der Waals surface area (Å²) in [6, 6.07) is 3.71. The number of ether oxygens (including phenoxy) is 1. The fourth-order valence-electron chi connectivity index (χ4n) is 2.45. The van der Waals surface area contributed by atoms with Crippen molar-refractivity contribution in [3.8, 4) is 11.5 Å². The van der Waals surface area contributed by atoms with Crippen LogP contribution in [0.5, 0.6) is 0 Å². The summed E-state index contributed by atoms with van der Waals surface area (Å²) in [6.45, 7) is 16.5. The maximum Gasteiger partial charge on any atom is 0.185 e. The standard InChI is InChI=1S/C15H30O2Si2/c1-8-19(9-2,10-3)12-11-15(4,14-13-16-14)17-18(5,6)7/h14H,8-10,13H2,1-7H3/t14-,15-/m1/s1. The van der Waals surface area contributed by atoms with Gasteiger partial charge in [0.2, 0.25) is 0 Å². The van der Waals surface area contributed by atoms with Gasteiger partial charge < -0.3 is 9.16 Å². The number of hydrogen-bond acceptors (Lipinski definition) is 2. The molecular formula is C15H30O2Si2. The zero-order chi connectivity index (χ0) is 14.7. The maximum atomic E-state index is 6.34. The van der Waals surface area contributed by atoms with Gasteiger partial charge in [-0.3, -0.25) is 0 Å². The highest BCUT2D eigenvalue weighted by atomic mass is 28.4. The fraction of sp³-hybridized carbons (Fsp3) is 0.867. The van der Waals surface area contributed by atoms with Gasteiger partial charge in [0, 0.05) is 0 Å². The van der Waals surface area contributed by atoms with E-state index in [0.717, 1.165) is 6.61 Å². The summed E-state index contributed by atoms with van der Waals surface area (Å²) in [5.74, 6) is 3.51. The Kier molecular flexibility index (Phi) is 5.47. The second kappa shape index (κ2) is 6.13. The highest BCUT2D eigenvalue weighted by Gasteiger charge is 2.46. The molecular weight excluding hydrogens is 268 g/mol. The van der Waals surface area contributed by atoms with E-state index in [4.69, 9.17) is 9.16 Å². The molecule has 0 unspecified atom stereocenters. The molecule has 0 aromatic rings. The molecule has 0 N–H and O–H groups in total. The average molecular weight is 299 g/mol. The molecule has 1 fully saturated rings. The van der Waals surface area contributed by atoms with E-state index in [-0.39, 0.29) is 11.7 Å². The summed E-state index contributed by atoms with van der Waals surface area (Å²) in [4.78, 5) is 0. The number of epoxide rings is 1. The molecule has 110 valence electrons. The SMILES string of the molecule is CC[Si](C#C[C@@](C)(O[Si](C)(C)C)[C@H]1CO1)(CC)CC. The molecule has 1 aliphatic rings. The molecule has 1 rings (SSSR count). The van der Waals surface area contributed by atoms with Crippen LogP contribution in [0.4, 0.5) is 0 Å². The predicted octanol–water partition coefficient (Wildman–Crippen LogP) is 4.05. The second-order valence-electron chi connectivity index (χ2n) is 6.73. The van der Waals surface area contributed by atoms with Crippen LogP contribution in [0.3, 0.4) is 0 Å². The van der Waals surface area contributed by atoms with Crippen molar-refractivity contribution in [3.05, 3.63) is 0 Å². The molecule has 19 heavy (non-hydrogen) atoms. The molecule has 2 atom stereocenters. The third-order valence-electron chi connectivity index (χ3n) is 4.07. The molecule has 2 nitrogen and oxygen atoms in total. The maximum absolute atomic E-state index is 6.34. The molecule has 4 heteroatoms. The van der Waals surface area contributed by atoms with Crippen LogP contribution in [-0.4, -0.2) is 34.7 Å². The van der Waals surface area contributed by atoms with Crippen LogP contribution >= 0.6 is 0 Å². The largest absolute Gasteiger partial charge is 0.400 e. The van der Waals surface area contributed by atoms with Gasteiger partial charge in [-0.25, -0.2) is 0 Å². The van der Waals surface area contributed by atoms with Crippen LogP contribution in [-0.2, 0) is 9.16 Å². The Labute approximate surface area is 121 Å². The third kappa shape index (κ3) is 4.75. The van der Waals surface area contributed by atoms with E-state index in [0.29, 0.717) is 0 Å². The Morgan fingerprint density at radius 3 is 1.95 bits per heavy atom. The Morgan fingerprint density at radius 2 is 1.63 bits per heavy atom. The molecule has 1 aliphatic heterocycles. The van der Waals surface area contributed by atoms with Crippen molar-refractivity contribution in [3.63, 3.8) is 0 Å². The van der Waals surface area contributed by atoms with Crippen LogP contribution < -0.4 is 0 Å². The first-order valence-corrected chi connectivity index (χ1v) is 13.6. The van der Waals surface area contributed by atoms with Crippen LogP contribution in [0.2, 0.25) is 37.8 Å². The van der Waals surface area contributed by atoms with Gasteiger partial charge in [0.25, 0.3) is 0 Å². The van der Waals surface area contributed by atoms with Crippen LogP contribution in [0.25, 0.3) is 0 Å². The zero-order valence-corrected chi connectivity index (χ0v) is 15.7. The Morgan fingerprint density at radius 1 is 1.16 bits per heavy atom. The summed E-state index contributed by atoms with van der Waals surface area (Å²) in [5.41, 5.74) is 3.29. The Balaban J connectivity index is 2.96. The van der Waals surface area contributed by atoms with E-state index < -0.39 is 16.4 Å². The molecule has 0 spiro atoms. The molecule has 1 saturated heterocycles. The van der Waals surface area contributed by atoms with E-state index >= 15 is 0 Å². The van der Waals surface area contributed by atoms with Crippen molar-refractivity contribution in [2.45, 2.75) is 77.2 Å². The van der Waals surface area contributed by atoms with Crippen molar-refractivity contribution in [2.24, 2.45) is 0 Å². The van der Waals surface area contributed by atoms with Gasteiger partial charge in [-0.15, -0.1) is 5.54 Å². The third-order valence-corrected chi connectivity index (χ3v) is 9.82. The average Bonchev–Trinajstić information content (AvgIpc) is 3.13. The first kappa shape index (κ1) is 17.0. The van der Waals surface area contributed by atoms with E-state index in [2.05, 4.69) is 58.8 Å². The van der Waals surface area contributed by atoms with Crippen molar-refractivity contribution in [1.29, 1.82) is 0 Å². The Hall–Kier alpha value is -0.0862. The number of hydrogen-bond donors (Lipinski definition) is 0. The summed E-state index contributed by atoms with van der Waals surface area (Å²) < 4.78 is 11.8. The predicted molar refractivity (Wildman–Crippen MR) is 87.5 cm³/mol. The van der Waals surface area contributed by atoms with Gasteiger partial charge in [-0.2, -0.15) is 0 Å². The topological polar surface area (TPSA) is 21.8 Å². The second-order valence-corrected chi connectivity index (χ2v) is 16.1. The lowest BCUT2D eigenvalue weighted by atomic mass is 10.1. The Bertz CT molecular complexity index is 348. The van der Waals surface area contributed by atoms with Crippen LogP contribution in [0, 0.1) is 11.5 Å². The van der Waals surface area contributed by atoms with Gasteiger partial charge in [0.1, 0.15) is 19.8 Å². The molecule has 0 aromatic heterocycles. The highest BCUT2D eigenvalue weighted by Crippen LogP contribution is 2.31. The molecule has 0 radical (unpaired) electrons. The lowest BCUT2D eigenvalue weighted by Crippen LogP contribution is -2.44. The minimum Gasteiger partial charge on any atom is -0.400 e. The highest BCUT2D eigenvalue weighted by molar-refractivity contribution is 6.87. The summed E-state index contributed by atoms with van der Waals surface area (Å²) >= 11 is 0. The quantitative estimate of drug-likeness (QED) is 0.419. The summed E-state index contributed by atoms with van der Waals surface area (Å²) in [7, 11) is -3.01. The molecule has 0 aromatic carbocycles. The van der Waals surface area contributed by atoms with Gasteiger partial charge in [0.05, 0.1) is 6.61 Å². The molecule has 0 amide bonds. The van der Waals surface area contributed by atoms with Gasteiger partial charge in [-0.1, -0.05) is 26.7 Å². The lowest BCUT2D eigenvalue weighted by Gasteiger charge is -2.31. The zero-order valence-electron chi connectivity index (χ0n) is 13.7. The minimum absolute atomic E-state index is 0.184. The molecule has 0 saturated carbocycles. The molecule has 1 heterocycles. The lowest BCUT2D eigenvalue weighted by molar-refractivity contribution is 0.105. The van der Waals surface area contributed by atoms with Crippen LogP contribution in [0.1, 0.15) is 27.7 Å². The van der Waals surface area contributed by atoms with E-state index in [1.165, 1.54) is 18.1 Å². The van der Waals surface area contributed by atoms with Gasteiger partial charge in [-0.05, 0) is 44.7 Å². The monoisotopic (exact) mass is 298 g/mol. The van der Waals surface area contributed by atoms with Crippen molar-refractivity contribution >= 4 is 16.4 Å². The summed E-state index contributed by atoms with van der Waals surface area (Å²) in [6.07, 6.45) is 0.184. The van der Waals surface area contributed by atoms with E-state index in [1.807, 2.05) is 0 Å². The van der Waals surface area contributed by atoms with Crippen molar-refractivity contribution < 1.29 is 9.16 Å². The molecule has 0 bridgehead atoms. The fourth-order valence-corrected chi connectivity index (χ4v) is 6.44. The first-order chi connectivity index (χ1) is 8.70. The first-order valence-electron chi connectivity index (χ1n) is 7.56. The van der Waals surface area contributed by atoms with E-state index in [1.54, 1.807) is 0 Å². The van der Waals surface area contributed by atoms with Gasteiger partial charge in [0.15, 0.2) is 8.32 Å². The summed E-state index contributed by atoms with van der Waals surface area (Å²) in [5, 5.41) is 0. The minimum atomic E-state index is -1.61. The number of rotatable bonds is 6. The normalized spacial score (nSPS) is 22.4.